The molecule has 1 unspecified atom stereocenters. The normalized spacial score (nSPS) is 15.2. The lowest BCUT2D eigenvalue weighted by atomic mass is 9.82. The van der Waals surface area contributed by atoms with Crippen LogP contribution < -0.4 is 4.89 Å². The lowest BCUT2D eigenvalue weighted by Crippen LogP contribution is -2.59. The predicted octanol–water partition coefficient (Wildman–Crippen LogP) is 3.15. The van der Waals surface area contributed by atoms with E-state index in [2.05, 4.69) is 13.8 Å². The van der Waals surface area contributed by atoms with Crippen molar-refractivity contribution in [3.63, 3.8) is 0 Å². The molecule has 0 rings (SSSR count). The molecule has 0 aliphatic rings. The first-order valence-electron chi connectivity index (χ1n) is 12.7. The molecular formula is C24H48NO8P. The van der Waals surface area contributed by atoms with E-state index in [1.165, 1.54) is 0 Å². The lowest BCUT2D eigenvalue weighted by molar-refractivity contribution is -0.870. The molecule has 202 valence electrons. The van der Waals surface area contributed by atoms with Gasteiger partial charge in [0.1, 0.15) is 19.3 Å². The molecule has 0 fully saturated rings. The molecule has 0 aliphatic heterocycles. The fourth-order valence-corrected chi connectivity index (χ4v) is 4.63. The number of rotatable bonds is 22. The second-order valence-corrected chi connectivity index (χ2v) is 11.3. The summed E-state index contributed by atoms with van der Waals surface area (Å²) in [5, 5.41) is 20.2. The first-order valence-corrected chi connectivity index (χ1v) is 14.1. The molecule has 0 aromatic heterocycles. The van der Waals surface area contributed by atoms with Gasteiger partial charge in [-0.2, -0.15) is 0 Å². The number of likely N-dealkylation sites (N-methyl/N-ethyl adjacent to an activating group) is 1. The molecule has 0 aliphatic carbocycles. The number of phosphoric acid groups is 1. The smallest absolute Gasteiger partial charge is 0.269 e. The zero-order valence-electron chi connectivity index (χ0n) is 21.9. The summed E-state index contributed by atoms with van der Waals surface area (Å²) in [6.07, 6.45) is 5.87. The van der Waals surface area contributed by atoms with Crippen LogP contribution in [0.15, 0.2) is 0 Å². The van der Waals surface area contributed by atoms with Crippen molar-refractivity contribution in [2.45, 2.75) is 103 Å². The summed E-state index contributed by atoms with van der Waals surface area (Å²) in [5.74, 6) is -1.68. The summed E-state index contributed by atoms with van der Waals surface area (Å²) in [5.41, 5.74) is -2.70. The Kier molecular flexibility index (Phi) is 16.6. The number of carbonyl (C=O) groups excluding carboxylic acids is 2. The largest absolute Gasteiger partial charge is 0.756 e. The molecule has 0 heterocycles. The number of ketones is 2. The van der Waals surface area contributed by atoms with Gasteiger partial charge in [-0.1, -0.05) is 65.2 Å². The van der Waals surface area contributed by atoms with Crippen molar-refractivity contribution >= 4 is 19.4 Å². The number of carbonyl (C=O) groups is 2. The highest BCUT2D eigenvalue weighted by Crippen LogP contribution is 2.46. The average molecular weight is 510 g/mol. The maximum absolute atomic E-state index is 13.3. The summed E-state index contributed by atoms with van der Waals surface area (Å²) in [7, 11) is 0.406. The summed E-state index contributed by atoms with van der Waals surface area (Å²) < 4.78 is 23.2. The predicted molar refractivity (Wildman–Crippen MR) is 130 cm³/mol. The highest BCUT2D eigenvalue weighted by molar-refractivity contribution is 7.46. The molecule has 0 aromatic rings. The molecule has 34 heavy (non-hydrogen) atoms. The maximum Gasteiger partial charge on any atom is 0.269 e. The van der Waals surface area contributed by atoms with E-state index in [0.29, 0.717) is 23.9 Å². The molecular weight excluding hydrogens is 461 g/mol. The Labute approximate surface area is 206 Å². The van der Waals surface area contributed by atoms with E-state index in [9.17, 15) is 29.3 Å². The van der Waals surface area contributed by atoms with E-state index >= 15 is 0 Å². The van der Waals surface area contributed by atoms with Crippen LogP contribution in [0.25, 0.3) is 0 Å². The first-order chi connectivity index (χ1) is 15.9. The van der Waals surface area contributed by atoms with Crippen LogP contribution in [0.5, 0.6) is 0 Å². The van der Waals surface area contributed by atoms with Crippen LogP contribution in [0.1, 0.15) is 90.9 Å². The number of hydrogen-bond acceptors (Lipinski definition) is 8. The third-order valence-corrected chi connectivity index (χ3v) is 6.76. The molecule has 9 nitrogen and oxygen atoms in total. The van der Waals surface area contributed by atoms with Crippen LogP contribution in [-0.4, -0.2) is 78.9 Å². The Morgan fingerprint density at radius 3 is 1.74 bits per heavy atom. The maximum atomic E-state index is 13.3. The fraction of sp³-hybridized carbons (Fsp3) is 0.917. The molecule has 0 radical (unpaired) electrons. The van der Waals surface area contributed by atoms with Crippen LogP contribution >= 0.6 is 7.82 Å². The Morgan fingerprint density at radius 2 is 1.35 bits per heavy atom. The lowest BCUT2D eigenvalue weighted by Gasteiger charge is -2.39. The molecule has 0 bridgehead atoms. The molecule has 2 atom stereocenters. The van der Waals surface area contributed by atoms with Gasteiger partial charge in [0.2, 0.25) is 5.60 Å². The number of unbranched alkanes of at least 4 members (excludes halogenated alkanes) is 8. The van der Waals surface area contributed by atoms with E-state index in [1.54, 1.807) is 0 Å². The number of quaternary nitrogens is 1. The Hall–Kier alpha value is -0.670. The van der Waals surface area contributed by atoms with Gasteiger partial charge in [-0.05, 0) is 12.8 Å². The number of aliphatic hydroxyl groups excluding tert-OH is 2. The van der Waals surface area contributed by atoms with Gasteiger partial charge in [0.25, 0.3) is 7.82 Å². The van der Waals surface area contributed by atoms with E-state index < -0.39 is 37.7 Å². The van der Waals surface area contributed by atoms with Crippen LogP contribution in [0.2, 0.25) is 0 Å². The highest BCUT2D eigenvalue weighted by atomic mass is 31.2. The van der Waals surface area contributed by atoms with E-state index in [-0.39, 0.29) is 19.4 Å². The first kappa shape index (κ1) is 33.3. The Morgan fingerprint density at radius 1 is 0.912 bits per heavy atom. The average Bonchev–Trinajstić information content (AvgIpc) is 2.75. The van der Waals surface area contributed by atoms with E-state index in [0.717, 1.165) is 51.4 Å². The van der Waals surface area contributed by atoms with Crippen molar-refractivity contribution in [3.05, 3.63) is 0 Å². The van der Waals surface area contributed by atoms with Crippen molar-refractivity contribution < 1.29 is 42.8 Å². The monoisotopic (exact) mass is 509 g/mol. The summed E-state index contributed by atoms with van der Waals surface area (Å²) >= 11 is 0. The van der Waals surface area contributed by atoms with Crippen LogP contribution in [0.4, 0.5) is 0 Å². The van der Waals surface area contributed by atoms with Gasteiger partial charge in [-0.3, -0.25) is 18.7 Å². The molecule has 2 N–H and O–H groups in total. The third-order valence-electron chi connectivity index (χ3n) is 5.75. The summed E-state index contributed by atoms with van der Waals surface area (Å²) in [4.78, 5) is 39.2. The van der Waals surface area contributed by atoms with Crippen molar-refractivity contribution in [2.24, 2.45) is 0 Å². The molecule has 0 amide bonds. The quantitative estimate of drug-likeness (QED) is 0.0984. The van der Waals surface area contributed by atoms with Gasteiger partial charge < -0.3 is 24.1 Å². The number of hydrogen-bond donors (Lipinski definition) is 2. The van der Waals surface area contributed by atoms with Gasteiger partial charge in [-0.25, -0.2) is 0 Å². The minimum absolute atomic E-state index is 0.138. The topological polar surface area (TPSA) is 133 Å². The number of phosphoric ester groups is 1. The van der Waals surface area contributed by atoms with Gasteiger partial charge in [0, 0.05) is 12.8 Å². The second-order valence-electron chi connectivity index (χ2n) is 9.99. The van der Waals surface area contributed by atoms with Crippen LogP contribution in [-0.2, 0) is 23.2 Å². The van der Waals surface area contributed by atoms with Gasteiger partial charge in [0.15, 0.2) is 11.6 Å². The molecule has 0 saturated heterocycles. The van der Waals surface area contributed by atoms with Crippen molar-refractivity contribution in [3.8, 4) is 0 Å². The van der Waals surface area contributed by atoms with E-state index in [1.807, 2.05) is 21.1 Å². The van der Waals surface area contributed by atoms with Crippen molar-refractivity contribution in [1.82, 2.24) is 0 Å². The van der Waals surface area contributed by atoms with Crippen LogP contribution in [0.3, 0.4) is 0 Å². The van der Waals surface area contributed by atoms with Gasteiger partial charge >= 0.3 is 0 Å². The Bertz CT molecular complexity index is 609. The number of Topliss-reactive ketones (excluding diaryl/α,β-unsaturated/α-hetero) is 2. The minimum Gasteiger partial charge on any atom is -0.756 e. The minimum atomic E-state index is -5.15. The SMILES string of the molecule is CCCCCCCC(=O)C(OP(=O)([O-])OCC[N+](C)(C)C)(C(=O)CCCCCCC)[C@@H](O)CO. The highest BCUT2D eigenvalue weighted by Gasteiger charge is 2.53. The van der Waals surface area contributed by atoms with Crippen molar-refractivity contribution in [2.75, 3.05) is 40.9 Å². The number of nitrogens with zero attached hydrogens (tertiary/aromatic N) is 1. The molecule has 0 saturated carbocycles. The molecule has 10 heteroatoms. The zero-order chi connectivity index (χ0) is 26.3. The fourth-order valence-electron chi connectivity index (χ4n) is 3.60. The summed E-state index contributed by atoms with van der Waals surface area (Å²) in [6.45, 7) is 3.24. The molecule has 0 spiro atoms. The number of aliphatic hydroxyl groups is 2. The van der Waals surface area contributed by atoms with Crippen LogP contribution in [0, 0.1) is 0 Å². The van der Waals surface area contributed by atoms with E-state index in [4.69, 9.17) is 9.05 Å². The van der Waals surface area contributed by atoms with Crippen molar-refractivity contribution in [1.29, 1.82) is 0 Å². The van der Waals surface area contributed by atoms with Gasteiger partial charge in [0.05, 0.1) is 27.7 Å². The zero-order valence-corrected chi connectivity index (χ0v) is 22.8. The Balaban J connectivity index is 5.71. The summed E-state index contributed by atoms with van der Waals surface area (Å²) in [6, 6.07) is 0. The van der Waals surface area contributed by atoms with Gasteiger partial charge in [-0.15, -0.1) is 0 Å². The second kappa shape index (κ2) is 16.9. The molecule has 0 aromatic carbocycles. The third kappa shape index (κ3) is 12.9. The standard InChI is InChI=1S/C24H48NO8P/c1-6-8-10-12-14-16-21(27)24(23(29)20-26,22(28)17-15-13-11-9-7-2)33-34(30,31)32-19-18-25(3,4)5/h23,26,29H,6-20H2,1-5H3/t23-/m0/s1.